The van der Waals surface area contributed by atoms with Crippen LogP contribution in [0.2, 0.25) is 0 Å². The molecule has 2 heterocycles. The van der Waals surface area contributed by atoms with Gasteiger partial charge in [0.1, 0.15) is 11.5 Å². The van der Waals surface area contributed by atoms with E-state index in [1.54, 1.807) is 29.2 Å². The maximum atomic E-state index is 13.6. The number of anilines is 2. The van der Waals surface area contributed by atoms with Gasteiger partial charge in [-0.2, -0.15) is 0 Å². The van der Waals surface area contributed by atoms with Gasteiger partial charge in [-0.25, -0.2) is 4.79 Å². The van der Waals surface area contributed by atoms with Crippen LogP contribution in [0.4, 0.5) is 16.2 Å². The molecular formula is C38H41N5O3. The number of likely N-dealkylation sites (tertiary alicyclic amines) is 1. The summed E-state index contributed by atoms with van der Waals surface area (Å²) in [5, 5.41) is 6.87. The fourth-order valence-electron chi connectivity index (χ4n) is 6.00. The highest BCUT2D eigenvalue weighted by molar-refractivity contribution is 6.06. The third kappa shape index (κ3) is 7.08. The molecule has 236 valence electrons. The number of hydrogen-bond donors (Lipinski definition) is 2. The Morgan fingerprint density at radius 2 is 1.50 bits per heavy atom. The van der Waals surface area contributed by atoms with Crippen molar-refractivity contribution in [3.63, 3.8) is 0 Å². The summed E-state index contributed by atoms with van der Waals surface area (Å²) >= 11 is 0. The van der Waals surface area contributed by atoms with Crippen LogP contribution in [0.5, 0.6) is 11.5 Å². The first-order valence-corrected chi connectivity index (χ1v) is 16.1. The molecule has 2 N–H and O–H groups in total. The minimum Gasteiger partial charge on any atom is -0.457 e. The van der Waals surface area contributed by atoms with Gasteiger partial charge in [-0.1, -0.05) is 18.2 Å². The number of nitrogens with one attached hydrogen (secondary N) is 2. The lowest BCUT2D eigenvalue weighted by Crippen LogP contribution is -2.34. The topological polar surface area (TPSA) is 78.8 Å². The van der Waals surface area contributed by atoms with Crippen LogP contribution >= 0.6 is 0 Å². The van der Waals surface area contributed by atoms with Crippen LogP contribution in [0.3, 0.4) is 0 Å². The molecule has 6 rings (SSSR count). The van der Waals surface area contributed by atoms with E-state index in [1.807, 2.05) is 69.3 Å². The highest BCUT2D eigenvalue weighted by Crippen LogP contribution is 2.29. The van der Waals surface area contributed by atoms with Crippen LogP contribution in [-0.4, -0.2) is 47.1 Å². The zero-order valence-electron chi connectivity index (χ0n) is 26.7. The van der Waals surface area contributed by atoms with Gasteiger partial charge in [-0.05, 0) is 131 Å². The molecule has 0 radical (unpaired) electrons. The van der Waals surface area contributed by atoms with Crippen molar-refractivity contribution in [2.45, 2.75) is 46.2 Å². The molecule has 46 heavy (non-hydrogen) atoms. The smallest absolute Gasteiger partial charge is 0.319 e. The van der Waals surface area contributed by atoms with Crippen LogP contribution in [0, 0.1) is 0 Å². The summed E-state index contributed by atoms with van der Waals surface area (Å²) in [4.78, 5) is 29.8. The fraction of sp³-hybridized carbons (Fsp3) is 0.263. The molecule has 3 amide bonds. The molecular weight excluding hydrogens is 574 g/mol. The van der Waals surface area contributed by atoms with E-state index in [-0.39, 0.29) is 18.0 Å². The van der Waals surface area contributed by atoms with Crippen LogP contribution in [0.1, 0.15) is 49.5 Å². The molecule has 0 bridgehead atoms. The van der Waals surface area contributed by atoms with Crippen molar-refractivity contribution in [1.29, 1.82) is 0 Å². The number of amides is 3. The van der Waals surface area contributed by atoms with Crippen LogP contribution in [0.15, 0.2) is 103 Å². The highest BCUT2D eigenvalue weighted by atomic mass is 16.5. The molecule has 0 aliphatic carbocycles. The molecule has 1 aromatic heterocycles. The van der Waals surface area contributed by atoms with E-state index < -0.39 is 0 Å². The number of nitrogens with zero attached hydrogens (tertiary/aromatic N) is 3. The van der Waals surface area contributed by atoms with Gasteiger partial charge < -0.3 is 24.8 Å². The molecule has 1 fully saturated rings. The minimum absolute atomic E-state index is 0.0549. The van der Waals surface area contributed by atoms with Crippen molar-refractivity contribution in [3.8, 4) is 17.2 Å². The maximum Gasteiger partial charge on any atom is 0.319 e. The number of hydrogen-bond acceptors (Lipinski definition) is 4. The molecule has 1 aliphatic heterocycles. The number of ether oxygens (including phenoxy) is 1. The standard InChI is InChI=1S/C38H41N5O3/c1-4-42(31-17-21-34(22-18-31)46-33-19-13-30(14-20-33)40-38(45)39-27(2)3)37(44)28-11-15-32(16-12-28)43-26-29(25-41-23-7-8-24-41)35-9-5-6-10-36(35)43/h5-6,9-22,26-27H,4,7-8,23-25H2,1-3H3,(H2,39,40,45). The summed E-state index contributed by atoms with van der Waals surface area (Å²) in [5.74, 6) is 1.24. The van der Waals surface area contributed by atoms with Crippen LogP contribution in [0.25, 0.3) is 16.6 Å². The van der Waals surface area contributed by atoms with E-state index in [2.05, 4.69) is 50.6 Å². The number of benzene rings is 4. The average Bonchev–Trinajstić information content (AvgIpc) is 3.71. The van der Waals surface area contributed by atoms with E-state index in [0.29, 0.717) is 29.3 Å². The number of aromatic nitrogens is 1. The molecule has 1 saturated heterocycles. The van der Waals surface area contributed by atoms with E-state index in [1.165, 1.54) is 29.3 Å². The van der Waals surface area contributed by atoms with Gasteiger partial charge in [0.2, 0.25) is 0 Å². The Morgan fingerprint density at radius 1 is 0.848 bits per heavy atom. The molecule has 0 spiro atoms. The molecule has 5 aromatic rings. The Hall–Kier alpha value is -5.08. The predicted molar refractivity (Wildman–Crippen MR) is 185 cm³/mol. The van der Waals surface area contributed by atoms with Gasteiger partial charge in [0.15, 0.2) is 0 Å². The zero-order chi connectivity index (χ0) is 32.0. The van der Waals surface area contributed by atoms with Crippen molar-refractivity contribution >= 4 is 34.2 Å². The number of urea groups is 1. The summed E-state index contributed by atoms with van der Waals surface area (Å²) in [6.07, 6.45) is 4.80. The lowest BCUT2D eigenvalue weighted by molar-refractivity contribution is 0.0988. The quantitative estimate of drug-likeness (QED) is 0.166. The van der Waals surface area contributed by atoms with E-state index in [0.717, 1.165) is 31.0 Å². The second-order valence-electron chi connectivity index (χ2n) is 12.0. The molecule has 8 heteroatoms. The summed E-state index contributed by atoms with van der Waals surface area (Å²) in [5.41, 5.74) is 5.65. The molecule has 0 atom stereocenters. The zero-order valence-corrected chi connectivity index (χ0v) is 26.7. The molecule has 0 saturated carbocycles. The third-order valence-corrected chi connectivity index (χ3v) is 8.26. The van der Waals surface area contributed by atoms with Gasteiger partial charge in [-0.15, -0.1) is 0 Å². The summed E-state index contributed by atoms with van der Waals surface area (Å²) in [6.45, 7) is 9.60. The number of carbonyl (C=O) groups excluding carboxylic acids is 2. The predicted octanol–water partition coefficient (Wildman–Crippen LogP) is 8.22. The highest BCUT2D eigenvalue weighted by Gasteiger charge is 2.19. The largest absolute Gasteiger partial charge is 0.457 e. The van der Waals surface area contributed by atoms with Crippen LogP contribution in [-0.2, 0) is 6.54 Å². The van der Waals surface area contributed by atoms with Gasteiger partial charge in [-0.3, -0.25) is 9.69 Å². The van der Waals surface area contributed by atoms with Crippen molar-refractivity contribution in [3.05, 3.63) is 114 Å². The SMILES string of the molecule is CCN(C(=O)c1ccc(-n2cc(CN3CCCC3)c3ccccc32)cc1)c1ccc(Oc2ccc(NC(=O)NC(C)C)cc2)cc1. The summed E-state index contributed by atoms with van der Waals surface area (Å²) in [7, 11) is 0. The normalized spacial score (nSPS) is 13.2. The number of para-hydroxylation sites is 1. The number of fused-ring (bicyclic) bond motifs is 1. The van der Waals surface area contributed by atoms with Crippen molar-refractivity contribution in [1.82, 2.24) is 14.8 Å². The van der Waals surface area contributed by atoms with Crippen LogP contribution < -0.4 is 20.3 Å². The van der Waals surface area contributed by atoms with Crippen molar-refractivity contribution < 1.29 is 14.3 Å². The first kappa shape index (κ1) is 30.9. The molecule has 0 unspecified atom stereocenters. The molecule has 1 aliphatic rings. The lowest BCUT2D eigenvalue weighted by atomic mass is 10.1. The van der Waals surface area contributed by atoms with E-state index in [4.69, 9.17) is 4.74 Å². The summed E-state index contributed by atoms with van der Waals surface area (Å²) in [6, 6.07) is 30.9. The molecule has 8 nitrogen and oxygen atoms in total. The van der Waals surface area contributed by atoms with Crippen molar-refractivity contribution in [2.75, 3.05) is 29.9 Å². The third-order valence-electron chi connectivity index (χ3n) is 8.26. The summed E-state index contributed by atoms with van der Waals surface area (Å²) < 4.78 is 8.24. The Labute approximate surface area is 270 Å². The van der Waals surface area contributed by atoms with Gasteiger partial charge in [0, 0.05) is 53.3 Å². The van der Waals surface area contributed by atoms with E-state index >= 15 is 0 Å². The second-order valence-corrected chi connectivity index (χ2v) is 12.0. The lowest BCUT2D eigenvalue weighted by Gasteiger charge is -2.21. The Balaban J connectivity index is 1.12. The second kappa shape index (κ2) is 13.9. The maximum absolute atomic E-state index is 13.6. The number of carbonyl (C=O) groups is 2. The minimum atomic E-state index is -0.249. The average molecular weight is 616 g/mol. The van der Waals surface area contributed by atoms with Crippen molar-refractivity contribution in [2.24, 2.45) is 0 Å². The fourth-order valence-corrected chi connectivity index (χ4v) is 6.00. The Bertz CT molecular complexity index is 1790. The Morgan fingerprint density at radius 3 is 2.15 bits per heavy atom. The number of rotatable bonds is 10. The first-order chi connectivity index (χ1) is 22.4. The Kier molecular flexibility index (Phi) is 9.36. The monoisotopic (exact) mass is 615 g/mol. The van der Waals surface area contributed by atoms with Gasteiger partial charge in [0.05, 0.1) is 5.52 Å². The van der Waals surface area contributed by atoms with Gasteiger partial charge >= 0.3 is 6.03 Å². The van der Waals surface area contributed by atoms with Gasteiger partial charge in [0.25, 0.3) is 5.91 Å². The van der Waals surface area contributed by atoms with E-state index in [9.17, 15) is 9.59 Å². The molecule has 4 aromatic carbocycles. The first-order valence-electron chi connectivity index (χ1n) is 16.1.